The Balaban J connectivity index is 1.45. The predicted octanol–water partition coefficient (Wildman–Crippen LogP) is 3.02. The average molecular weight is 395 g/mol. The molecule has 0 bridgehead atoms. The molecule has 152 valence electrons. The third kappa shape index (κ3) is 6.05. The Labute approximate surface area is 169 Å². The second-order valence-electron chi connectivity index (χ2n) is 6.99. The van der Waals surface area contributed by atoms with Crippen molar-refractivity contribution in [3.8, 4) is 0 Å². The zero-order chi connectivity index (χ0) is 20.6. The van der Waals surface area contributed by atoms with Crippen molar-refractivity contribution < 1.29 is 14.8 Å². The van der Waals surface area contributed by atoms with Crippen LogP contribution in [0, 0.1) is 6.92 Å². The Kier molecular flexibility index (Phi) is 6.80. The molecule has 1 fully saturated rings. The summed E-state index contributed by atoms with van der Waals surface area (Å²) in [5, 5.41) is 14.8. The highest BCUT2D eigenvalue weighted by Crippen LogP contribution is 2.17. The molecule has 3 rings (SSSR count). The molecule has 8 heteroatoms. The van der Waals surface area contributed by atoms with Crippen molar-refractivity contribution in [2.45, 2.75) is 25.8 Å². The molecule has 8 nitrogen and oxygen atoms in total. The number of aryl methyl sites for hydroxylation is 1. The van der Waals surface area contributed by atoms with E-state index in [1.165, 1.54) is 11.6 Å². The van der Waals surface area contributed by atoms with Gasteiger partial charge in [0.1, 0.15) is 5.82 Å². The molecule has 4 N–H and O–H groups in total. The first-order valence-corrected chi connectivity index (χ1v) is 9.51. The van der Waals surface area contributed by atoms with Gasteiger partial charge in [0.2, 0.25) is 0 Å². The second-order valence-corrected chi connectivity index (χ2v) is 6.99. The number of urea groups is 1. The molecule has 1 aliphatic heterocycles. The number of pyridine rings is 1. The molecule has 0 aliphatic carbocycles. The summed E-state index contributed by atoms with van der Waals surface area (Å²) in [6, 6.07) is 11.6. The fraction of sp³-hybridized carbons (Fsp3) is 0.286. The van der Waals surface area contributed by atoms with Crippen LogP contribution in [0.1, 0.15) is 24.0 Å². The van der Waals surface area contributed by atoms with Gasteiger partial charge in [-0.3, -0.25) is 10.0 Å². The molecule has 29 heavy (non-hydrogen) atoms. The van der Waals surface area contributed by atoms with Crippen LogP contribution in [0.5, 0.6) is 0 Å². The number of hydrogen-bond acceptors (Lipinski definition) is 5. The molecule has 2 aromatic rings. The minimum atomic E-state index is -0.592. The van der Waals surface area contributed by atoms with Crippen molar-refractivity contribution in [3.63, 3.8) is 0 Å². The van der Waals surface area contributed by atoms with E-state index in [4.69, 9.17) is 5.21 Å². The zero-order valence-corrected chi connectivity index (χ0v) is 16.3. The lowest BCUT2D eigenvalue weighted by Gasteiger charge is -2.32. The molecular formula is C21H25N5O3. The molecular weight excluding hydrogens is 370 g/mol. The van der Waals surface area contributed by atoms with Crippen LogP contribution in [0.4, 0.5) is 16.3 Å². The van der Waals surface area contributed by atoms with E-state index >= 15 is 0 Å². The Morgan fingerprint density at radius 2 is 1.86 bits per heavy atom. The summed E-state index contributed by atoms with van der Waals surface area (Å²) in [6.45, 7) is 3.36. The lowest BCUT2D eigenvalue weighted by molar-refractivity contribution is -0.124. The topological polar surface area (TPSA) is 107 Å². The fourth-order valence-electron chi connectivity index (χ4n) is 3.07. The van der Waals surface area contributed by atoms with Crippen LogP contribution < -0.4 is 16.1 Å². The van der Waals surface area contributed by atoms with Crippen molar-refractivity contribution in [2.75, 3.05) is 23.7 Å². The Morgan fingerprint density at radius 3 is 2.48 bits per heavy atom. The van der Waals surface area contributed by atoms with Gasteiger partial charge in [0, 0.05) is 37.1 Å². The summed E-state index contributed by atoms with van der Waals surface area (Å²) in [5.74, 6) is 0.154. The molecule has 0 radical (unpaired) electrons. The van der Waals surface area contributed by atoms with E-state index in [9.17, 15) is 9.59 Å². The summed E-state index contributed by atoms with van der Waals surface area (Å²) in [6.07, 6.45) is 6.10. The van der Waals surface area contributed by atoms with Gasteiger partial charge in [0.25, 0.3) is 5.91 Å². The summed E-state index contributed by atoms with van der Waals surface area (Å²) in [5.41, 5.74) is 4.25. The molecule has 1 aromatic carbocycles. The van der Waals surface area contributed by atoms with E-state index in [2.05, 4.69) is 15.6 Å². The number of benzene rings is 1. The first kappa shape index (κ1) is 20.3. The van der Waals surface area contributed by atoms with Gasteiger partial charge in [0.15, 0.2) is 0 Å². The van der Waals surface area contributed by atoms with Crippen LogP contribution in [0.15, 0.2) is 48.7 Å². The first-order valence-electron chi connectivity index (χ1n) is 9.51. The number of anilines is 2. The van der Waals surface area contributed by atoms with Gasteiger partial charge in [-0.05, 0) is 55.7 Å². The Bertz CT molecular complexity index is 857. The fourth-order valence-corrected chi connectivity index (χ4v) is 3.07. The number of hydrogen-bond donors (Lipinski definition) is 4. The summed E-state index contributed by atoms with van der Waals surface area (Å²) in [4.78, 5) is 29.6. The third-order valence-corrected chi connectivity index (χ3v) is 4.76. The quantitative estimate of drug-likeness (QED) is 0.354. The van der Waals surface area contributed by atoms with Crippen LogP contribution >= 0.6 is 0 Å². The number of nitrogens with zero attached hydrogens (tertiary/aromatic N) is 2. The van der Waals surface area contributed by atoms with Gasteiger partial charge in [-0.25, -0.2) is 15.3 Å². The highest BCUT2D eigenvalue weighted by atomic mass is 16.5. The van der Waals surface area contributed by atoms with E-state index < -0.39 is 5.91 Å². The van der Waals surface area contributed by atoms with Crippen molar-refractivity contribution in [3.05, 3.63) is 59.8 Å². The van der Waals surface area contributed by atoms with Crippen LogP contribution in [0.25, 0.3) is 6.08 Å². The summed E-state index contributed by atoms with van der Waals surface area (Å²) in [7, 11) is 0. The van der Waals surface area contributed by atoms with Gasteiger partial charge in [-0.15, -0.1) is 0 Å². The molecule has 0 atom stereocenters. The van der Waals surface area contributed by atoms with E-state index in [0.717, 1.165) is 35.5 Å². The standard InChI is InChI=1S/C21H25N5O3/c1-15-2-6-17(7-3-15)24-21(28)26-12-10-18(11-13-26)23-19-8-4-16(14-22-19)5-9-20(27)25-29/h2-9,14,18,29H,10-13H2,1H3,(H,22,23)(H,24,28)(H,25,27)/b9-5+. The van der Waals surface area contributed by atoms with Crippen molar-refractivity contribution in [2.24, 2.45) is 0 Å². The number of carbonyl (C=O) groups excluding carboxylic acids is 2. The number of aromatic nitrogens is 1. The van der Waals surface area contributed by atoms with Gasteiger partial charge in [0.05, 0.1) is 0 Å². The van der Waals surface area contributed by atoms with E-state index in [1.54, 1.807) is 12.3 Å². The number of carbonyl (C=O) groups is 2. The lowest BCUT2D eigenvalue weighted by atomic mass is 10.1. The van der Waals surface area contributed by atoms with Gasteiger partial charge >= 0.3 is 6.03 Å². The van der Waals surface area contributed by atoms with Crippen molar-refractivity contribution in [1.82, 2.24) is 15.4 Å². The number of hydroxylamine groups is 1. The maximum atomic E-state index is 12.4. The molecule has 1 saturated heterocycles. The number of amides is 3. The molecule has 1 aliphatic rings. The highest BCUT2D eigenvalue weighted by molar-refractivity contribution is 5.90. The number of piperidine rings is 1. The molecule has 0 saturated carbocycles. The van der Waals surface area contributed by atoms with Crippen LogP contribution in [0.3, 0.4) is 0 Å². The minimum absolute atomic E-state index is 0.0755. The van der Waals surface area contributed by atoms with Gasteiger partial charge in [-0.1, -0.05) is 17.7 Å². The largest absolute Gasteiger partial charge is 0.367 e. The van der Waals surface area contributed by atoms with Crippen LogP contribution in [0.2, 0.25) is 0 Å². The molecule has 0 unspecified atom stereocenters. The smallest absolute Gasteiger partial charge is 0.321 e. The molecule has 3 amide bonds. The summed E-state index contributed by atoms with van der Waals surface area (Å²) >= 11 is 0. The highest BCUT2D eigenvalue weighted by Gasteiger charge is 2.23. The Morgan fingerprint density at radius 1 is 1.14 bits per heavy atom. The van der Waals surface area contributed by atoms with Crippen molar-refractivity contribution >= 4 is 29.5 Å². The number of nitrogens with one attached hydrogen (secondary N) is 3. The van der Waals surface area contributed by atoms with Gasteiger partial charge in [-0.2, -0.15) is 0 Å². The minimum Gasteiger partial charge on any atom is -0.367 e. The monoisotopic (exact) mass is 395 g/mol. The third-order valence-electron chi connectivity index (χ3n) is 4.76. The van der Waals surface area contributed by atoms with Crippen LogP contribution in [-0.4, -0.2) is 46.2 Å². The zero-order valence-electron chi connectivity index (χ0n) is 16.3. The van der Waals surface area contributed by atoms with Gasteiger partial charge < -0.3 is 15.5 Å². The normalized spacial score (nSPS) is 14.6. The van der Waals surface area contributed by atoms with E-state index in [0.29, 0.717) is 13.1 Å². The van der Waals surface area contributed by atoms with E-state index in [1.807, 2.05) is 48.2 Å². The van der Waals surface area contributed by atoms with E-state index in [-0.39, 0.29) is 12.1 Å². The average Bonchev–Trinajstić information content (AvgIpc) is 2.75. The lowest BCUT2D eigenvalue weighted by Crippen LogP contribution is -2.44. The van der Waals surface area contributed by atoms with Crippen molar-refractivity contribution in [1.29, 1.82) is 0 Å². The number of rotatable bonds is 5. The molecule has 2 heterocycles. The molecule has 1 aromatic heterocycles. The maximum Gasteiger partial charge on any atom is 0.321 e. The summed E-state index contributed by atoms with van der Waals surface area (Å²) < 4.78 is 0. The Hall–Kier alpha value is -3.39. The molecule has 0 spiro atoms. The number of likely N-dealkylation sites (tertiary alicyclic amines) is 1. The first-order chi connectivity index (χ1) is 14.0. The SMILES string of the molecule is Cc1ccc(NC(=O)N2CCC(Nc3ccc(/C=C/C(=O)NO)cn3)CC2)cc1. The second kappa shape index (κ2) is 9.70. The van der Waals surface area contributed by atoms with Crippen LogP contribution in [-0.2, 0) is 4.79 Å². The predicted molar refractivity (Wildman–Crippen MR) is 112 cm³/mol. The maximum absolute atomic E-state index is 12.4.